The van der Waals surface area contributed by atoms with Gasteiger partial charge in [-0.1, -0.05) is 36.4 Å². The lowest BCUT2D eigenvalue weighted by Crippen LogP contribution is -2.33. The Balaban J connectivity index is 0.000000538. The van der Waals surface area contributed by atoms with Gasteiger partial charge in [0.15, 0.2) is 18.2 Å². The van der Waals surface area contributed by atoms with Gasteiger partial charge in [-0.05, 0) is 30.3 Å². The Labute approximate surface area is 206 Å². The lowest BCUT2D eigenvalue weighted by Gasteiger charge is -2.15. The topological polar surface area (TPSA) is 96.0 Å². The predicted octanol–water partition coefficient (Wildman–Crippen LogP) is 4.28. The fraction of sp³-hybridized carbons (Fsp3) is 0.308. The van der Waals surface area contributed by atoms with E-state index in [0.717, 1.165) is 27.6 Å². The number of H-pyrrole nitrogens is 1. The van der Waals surface area contributed by atoms with Crippen LogP contribution in [0.4, 0.5) is 13.2 Å². The minimum absolute atomic E-state index is 0.207. The number of halogens is 3. The van der Waals surface area contributed by atoms with Gasteiger partial charge in [0.25, 0.3) is 0 Å². The summed E-state index contributed by atoms with van der Waals surface area (Å²) in [6.45, 7) is -0.305. The van der Waals surface area contributed by atoms with Gasteiger partial charge in [0.2, 0.25) is 0 Å². The monoisotopic (exact) mass is 506 g/mol. The molecule has 0 saturated heterocycles. The predicted molar refractivity (Wildman–Crippen MR) is 132 cm³/mol. The van der Waals surface area contributed by atoms with Crippen molar-refractivity contribution in [2.24, 2.45) is 0 Å². The lowest BCUT2D eigenvalue weighted by molar-refractivity contribution is -0.208. The van der Waals surface area contributed by atoms with Crippen LogP contribution in [0.3, 0.4) is 0 Å². The van der Waals surface area contributed by atoms with E-state index >= 15 is 0 Å². The molecule has 0 aliphatic rings. The van der Waals surface area contributed by atoms with E-state index in [2.05, 4.69) is 16.4 Å². The number of methoxy groups -OCH3 is 1. The van der Waals surface area contributed by atoms with Crippen molar-refractivity contribution in [3.05, 3.63) is 66.7 Å². The largest absolute Gasteiger partial charge is 0.493 e. The molecule has 10 heteroatoms. The van der Waals surface area contributed by atoms with Crippen LogP contribution >= 0.6 is 0 Å². The molecular formula is C26H29F3N2O5. The first-order valence-electron chi connectivity index (χ1n) is 11.3. The molecule has 0 aliphatic heterocycles. The van der Waals surface area contributed by atoms with E-state index in [1.807, 2.05) is 60.7 Å². The number of rotatable bonds is 11. The molecule has 194 valence electrons. The van der Waals surface area contributed by atoms with Crippen molar-refractivity contribution in [1.82, 2.24) is 10.3 Å². The molecule has 0 amide bonds. The van der Waals surface area contributed by atoms with Crippen LogP contribution < -0.4 is 19.5 Å². The number of aromatic amines is 1. The molecule has 4 N–H and O–H groups in total. The Bertz CT molecular complexity index is 1230. The zero-order valence-electron chi connectivity index (χ0n) is 19.7. The molecule has 4 rings (SSSR count). The molecule has 0 spiro atoms. The Kier molecular flexibility index (Phi) is 9.80. The number of fused-ring (bicyclic) bond motifs is 3. The molecule has 1 unspecified atom stereocenters. The van der Waals surface area contributed by atoms with Crippen LogP contribution in [0.1, 0.15) is 0 Å². The second-order valence-electron chi connectivity index (χ2n) is 7.82. The average molecular weight is 507 g/mol. The molecule has 4 aromatic rings. The summed E-state index contributed by atoms with van der Waals surface area (Å²) < 4.78 is 48.7. The standard InChI is InChI=1S/C24H26N2O4.C2H3F3O/c1-28-21-10-4-5-11-22(21)29-14-13-25-15-17(27)16-30-23-12-6-9-20-24(23)18-7-2-3-8-19(18)26-20;3-1-2(4,5)6/h2-12,17,25-27H,13-16H2,1H3;6H,1H2. The summed E-state index contributed by atoms with van der Waals surface area (Å²) >= 11 is 0. The van der Waals surface area contributed by atoms with Gasteiger partial charge in [-0.15, -0.1) is 0 Å². The Morgan fingerprint density at radius 3 is 2.28 bits per heavy atom. The number of ether oxygens (including phenoxy) is 3. The average Bonchev–Trinajstić information content (AvgIpc) is 3.27. The van der Waals surface area contributed by atoms with Crippen LogP contribution in [0.5, 0.6) is 17.2 Å². The Morgan fingerprint density at radius 2 is 1.56 bits per heavy atom. The second kappa shape index (κ2) is 13.0. The van der Waals surface area contributed by atoms with Crippen molar-refractivity contribution in [1.29, 1.82) is 0 Å². The number of aliphatic hydroxyl groups is 2. The highest BCUT2D eigenvalue weighted by molar-refractivity contribution is 6.10. The number of alkyl halides is 3. The molecule has 0 saturated carbocycles. The second-order valence-corrected chi connectivity index (χ2v) is 7.82. The third kappa shape index (κ3) is 7.77. The van der Waals surface area contributed by atoms with Crippen LogP contribution in [0.15, 0.2) is 66.7 Å². The summed E-state index contributed by atoms with van der Waals surface area (Å²) in [5, 5.41) is 22.8. The lowest BCUT2D eigenvalue weighted by atomic mass is 10.1. The van der Waals surface area contributed by atoms with Crippen molar-refractivity contribution < 1.29 is 37.6 Å². The van der Waals surface area contributed by atoms with Crippen LogP contribution in [0, 0.1) is 0 Å². The summed E-state index contributed by atoms with van der Waals surface area (Å²) in [6.07, 6.45) is -4.75. The molecule has 1 aromatic heterocycles. The van der Waals surface area contributed by atoms with E-state index in [4.69, 9.17) is 19.3 Å². The first-order valence-corrected chi connectivity index (χ1v) is 11.3. The van der Waals surface area contributed by atoms with E-state index in [0.29, 0.717) is 31.2 Å². The summed E-state index contributed by atoms with van der Waals surface area (Å²) in [6, 6.07) is 21.6. The third-order valence-corrected chi connectivity index (χ3v) is 5.07. The maximum Gasteiger partial charge on any atom is 0.381 e. The number of aliphatic hydroxyl groups excluding tert-OH is 1. The van der Waals surface area contributed by atoms with E-state index in [1.54, 1.807) is 7.11 Å². The number of para-hydroxylation sites is 3. The molecule has 1 atom stereocenters. The Hall–Kier alpha value is -3.47. The molecule has 0 aliphatic carbocycles. The van der Waals surface area contributed by atoms with Gasteiger partial charge >= 0.3 is 6.11 Å². The highest BCUT2D eigenvalue weighted by Gasteiger charge is 2.22. The first kappa shape index (κ1) is 27.1. The first-order chi connectivity index (χ1) is 17.3. The summed E-state index contributed by atoms with van der Waals surface area (Å²) in [7, 11) is 1.62. The van der Waals surface area contributed by atoms with Crippen LogP contribution in [0.2, 0.25) is 0 Å². The highest BCUT2D eigenvalue weighted by Crippen LogP contribution is 2.33. The fourth-order valence-electron chi connectivity index (χ4n) is 3.47. The summed E-state index contributed by atoms with van der Waals surface area (Å²) in [5.41, 5.74) is 2.09. The van der Waals surface area contributed by atoms with Gasteiger partial charge in [-0.3, -0.25) is 0 Å². The summed E-state index contributed by atoms with van der Waals surface area (Å²) in [5.74, 6) is 2.18. The number of aromatic nitrogens is 1. The van der Waals surface area contributed by atoms with Gasteiger partial charge in [0.1, 0.15) is 25.1 Å². The minimum atomic E-state index is -4.12. The number of hydrogen-bond donors (Lipinski definition) is 4. The van der Waals surface area contributed by atoms with Crippen molar-refractivity contribution in [3.63, 3.8) is 0 Å². The molecule has 0 radical (unpaired) electrons. The smallest absolute Gasteiger partial charge is 0.381 e. The molecule has 3 aromatic carbocycles. The molecule has 36 heavy (non-hydrogen) atoms. The van der Waals surface area contributed by atoms with E-state index in [9.17, 15) is 18.3 Å². The SMILES string of the molecule is COc1ccccc1OCCNCC(O)COc1cccc2[nH]c3ccccc3c12.OC(F)(F)CF. The van der Waals surface area contributed by atoms with Gasteiger partial charge in [0, 0.05) is 29.4 Å². The highest BCUT2D eigenvalue weighted by atomic mass is 19.3. The molecule has 0 fully saturated rings. The molecule has 0 bridgehead atoms. The molecule has 7 nitrogen and oxygen atoms in total. The third-order valence-electron chi connectivity index (χ3n) is 5.07. The zero-order valence-corrected chi connectivity index (χ0v) is 19.7. The maximum absolute atomic E-state index is 10.6. The quantitative estimate of drug-likeness (QED) is 0.227. The normalized spacial score (nSPS) is 12.2. The minimum Gasteiger partial charge on any atom is -0.493 e. The van der Waals surface area contributed by atoms with Crippen molar-refractivity contribution in [3.8, 4) is 17.2 Å². The van der Waals surface area contributed by atoms with E-state index in [1.165, 1.54) is 0 Å². The number of hydrogen-bond acceptors (Lipinski definition) is 6. The molecule has 1 heterocycles. The van der Waals surface area contributed by atoms with Crippen LogP contribution in [-0.4, -0.2) is 67.5 Å². The van der Waals surface area contributed by atoms with Crippen LogP contribution in [0.25, 0.3) is 21.8 Å². The Morgan fingerprint density at radius 1 is 0.917 bits per heavy atom. The van der Waals surface area contributed by atoms with Crippen molar-refractivity contribution in [2.75, 3.05) is 40.1 Å². The van der Waals surface area contributed by atoms with Gasteiger partial charge in [-0.2, -0.15) is 8.78 Å². The molecular weight excluding hydrogens is 477 g/mol. The van der Waals surface area contributed by atoms with Crippen molar-refractivity contribution in [2.45, 2.75) is 12.2 Å². The van der Waals surface area contributed by atoms with E-state index < -0.39 is 18.9 Å². The van der Waals surface area contributed by atoms with Crippen LogP contribution in [-0.2, 0) is 0 Å². The number of nitrogens with one attached hydrogen (secondary N) is 2. The number of benzene rings is 3. The van der Waals surface area contributed by atoms with Crippen molar-refractivity contribution >= 4 is 21.8 Å². The zero-order chi connectivity index (χ0) is 26.0. The maximum atomic E-state index is 10.6. The van der Waals surface area contributed by atoms with Gasteiger partial charge in [-0.25, -0.2) is 4.39 Å². The van der Waals surface area contributed by atoms with Gasteiger partial charge in [0.05, 0.1) is 12.6 Å². The summed E-state index contributed by atoms with van der Waals surface area (Å²) in [4.78, 5) is 3.40. The van der Waals surface area contributed by atoms with Gasteiger partial charge < -0.3 is 34.7 Å². The fourth-order valence-corrected chi connectivity index (χ4v) is 3.47. The van der Waals surface area contributed by atoms with E-state index in [-0.39, 0.29) is 6.61 Å².